The molecule has 0 heterocycles. The zero-order chi connectivity index (χ0) is 16.2. The second kappa shape index (κ2) is 6.59. The average molecular weight is 334 g/mol. The Bertz CT molecular complexity index is 408. The van der Waals surface area contributed by atoms with Gasteiger partial charge in [-0.15, -0.1) is 0 Å². The van der Waals surface area contributed by atoms with Gasteiger partial charge in [-0.05, 0) is 6.42 Å². The number of hydrogen-bond donors (Lipinski definition) is 1. The predicted molar refractivity (Wildman–Crippen MR) is 51.1 cm³/mol. The predicted octanol–water partition coefficient (Wildman–Crippen LogP) is 2.10. The van der Waals surface area contributed by atoms with Crippen LogP contribution in [0, 0.1) is 0 Å². The number of ether oxygens (including phenoxy) is 1. The molecule has 0 unspecified atom stereocenters. The number of carbonyl (C=O) groups is 1. The van der Waals surface area contributed by atoms with Gasteiger partial charge in [0, 0.05) is 6.42 Å². The highest BCUT2D eigenvalue weighted by atomic mass is 32.2. The molecule has 0 bridgehead atoms. The van der Waals surface area contributed by atoms with Crippen molar-refractivity contribution >= 4 is 16.7 Å². The van der Waals surface area contributed by atoms with Gasteiger partial charge >= 0.3 is 23.3 Å². The van der Waals surface area contributed by atoms with Gasteiger partial charge in [-0.3, -0.25) is 4.79 Å². The summed E-state index contributed by atoms with van der Waals surface area (Å²) in [6.45, 7) is -0.962. The molecule has 0 aliphatic carbocycles. The maximum atomic E-state index is 12.8. The zero-order valence-electron chi connectivity index (χ0n) is 9.55. The molecular formula is C8H9F7O4S. The van der Waals surface area contributed by atoms with Crippen molar-refractivity contribution in [3.8, 4) is 0 Å². The molecule has 4 nitrogen and oxygen atoms in total. The van der Waals surface area contributed by atoms with E-state index in [4.69, 9.17) is 0 Å². The first kappa shape index (κ1) is 18.9. The Hall–Kier alpha value is -1.07. The molecular weight excluding hydrogens is 325 g/mol. The van der Waals surface area contributed by atoms with E-state index in [-0.39, 0.29) is 0 Å². The monoisotopic (exact) mass is 334 g/mol. The van der Waals surface area contributed by atoms with Crippen LogP contribution in [0.1, 0.15) is 19.3 Å². The molecule has 0 aliphatic rings. The Kier molecular flexibility index (Phi) is 6.24. The van der Waals surface area contributed by atoms with Crippen LogP contribution in [0.2, 0.25) is 0 Å². The van der Waals surface area contributed by atoms with Gasteiger partial charge in [0.05, 0.1) is 6.61 Å². The standard InChI is InChI=1S/C8H9F7O4S/c9-6(10,8(14,15)20(17)18)2-1-3-19-5(16)4-7(11,12)13/h20H,1-4H2. The van der Waals surface area contributed by atoms with Crippen molar-refractivity contribution in [3.63, 3.8) is 0 Å². The third-order valence-electron chi connectivity index (χ3n) is 1.91. The van der Waals surface area contributed by atoms with Crippen molar-refractivity contribution < 1.29 is 48.7 Å². The van der Waals surface area contributed by atoms with Crippen LogP contribution in [0.5, 0.6) is 0 Å². The fourth-order valence-corrected chi connectivity index (χ4v) is 1.36. The van der Waals surface area contributed by atoms with Gasteiger partial charge in [0.25, 0.3) is 0 Å². The van der Waals surface area contributed by atoms with Crippen molar-refractivity contribution in [3.05, 3.63) is 0 Å². The summed E-state index contributed by atoms with van der Waals surface area (Å²) in [6, 6.07) is 0. The topological polar surface area (TPSA) is 60.4 Å². The second-order valence-corrected chi connectivity index (χ2v) is 4.69. The molecule has 0 N–H and O–H groups in total. The molecule has 0 radical (unpaired) electrons. The normalized spacial score (nSPS) is 13.6. The molecule has 0 amide bonds. The number of rotatable bonds is 7. The van der Waals surface area contributed by atoms with E-state index in [1.54, 1.807) is 0 Å². The van der Waals surface area contributed by atoms with Crippen LogP contribution in [0.3, 0.4) is 0 Å². The smallest absolute Gasteiger partial charge is 0.404 e. The summed E-state index contributed by atoms with van der Waals surface area (Å²) in [7, 11) is -4.72. The molecule has 0 aliphatic heterocycles. The van der Waals surface area contributed by atoms with Gasteiger partial charge in [-0.25, -0.2) is 8.42 Å². The Morgan fingerprint density at radius 1 is 1.00 bits per heavy atom. The summed E-state index contributed by atoms with van der Waals surface area (Å²) in [6.07, 6.45) is -9.36. The lowest BCUT2D eigenvalue weighted by atomic mass is 10.2. The molecule has 0 atom stereocenters. The van der Waals surface area contributed by atoms with E-state index in [0.29, 0.717) is 0 Å². The van der Waals surface area contributed by atoms with Crippen LogP contribution in [0.25, 0.3) is 0 Å². The fraction of sp³-hybridized carbons (Fsp3) is 0.875. The number of halogens is 7. The third-order valence-corrected chi connectivity index (χ3v) is 2.70. The summed E-state index contributed by atoms with van der Waals surface area (Å²) in [4.78, 5) is 10.5. The summed E-state index contributed by atoms with van der Waals surface area (Å²) in [5.74, 6) is -6.65. The quantitative estimate of drug-likeness (QED) is 0.335. The highest BCUT2D eigenvalue weighted by molar-refractivity contribution is 7.73. The first-order valence-electron chi connectivity index (χ1n) is 4.92. The number of hydrogen-bond acceptors (Lipinski definition) is 4. The van der Waals surface area contributed by atoms with Crippen LogP contribution in [-0.4, -0.2) is 38.3 Å². The minimum absolute atomic E-state index is 0.921. The summed E-state index contributed by atoms with van der Waals surface area (Å²) >= 11 is 0. The van der Waals surface area contributed by atoms with Gasteiger partial charge in [0.2, 0.25) is 10.7 Å². The van der Waals surface area contributed by atoms with Gasteiger partial charge in [0.1, 0.15) is 6.42 Å². The Morgan fingerprint density at radius 2 is 1.50 bits per heavy atom. The first-order chi connectivity index (χ1) is 8.79. The Balaban J connectivity index is 4.23. The van der Waals surface area contributed by atoms with E-state index in [9.17, 15) is 43.9 Å². The summed E-state index contributed by atoms with van der Waals surface area (Å²) in [5, 5.41) is -5.28. The van der Waals surface area contributed by atoms with E-state index in [2.05, 4.69) is 4.74 Å². The maximum Gasteiger partial charge on any atom is 0.404 e. The van der Waals surface area contributed by atoms with Crippen molar-refractivity contribution in [1.82, 2.24) is 0 Å². The van der Waals surface area contributed by atoms with Crippen LogP contribution >= 0.6 is 0 Å². The van der Waals surface area contributed by atoms with Gasteiger partial charge in [-0.1, -0.05) is 0 Å². The molecule has 0 saturated carbocycles. The van der Waals surface area contributed by atoms with E-state index in [1.807, 2.05) is 0 Å². The zero-order valence-corrected chi connectivity index (χ0v) is 10.4. The Labute approximate surface area is 109 Å². The number of carbonyl (C=O) groups excluding carboxylic acids is 1. The lowest BCUT2D eigenvalue weighted by Crippen LogP contribution is -2.41. The van der Waals surface area contributed by atoms with E-state index in [1.165, 1.54) is 0 Å². The van der Waals surface area contributed by atoms with Gasteiger partial charge in [-0.2, -0.15) is 30.7 Å². The minimum atomic E-state index is -5.28. The number of thiol groups is 1. The molecule has 0 saturated heterocycles. The lowest BCUT2D eigenvalue weighted by molar-refractivity contribution is -0.174. The average Bonchev–Trinajstić information content (AvgIpc) is 2.21. The molecule has 0 spiro atoms. The van der Waals surface area contributed by atoms with Crippen LogP contribution in [0.15, 0.2) is 0 Å². The minimum Gasteiger partial charge on any atom is -0.465 e. The SMILES string of the molecule is O=C(CC(F)(F)F)OCCCC(F)(F)C(F)(F)[SH](=O)=O. The summed E-state index contributed by atoms with van der Waals surface area (Å²) in [5.41, 5.74) is 0. The van der Waals surface area contributed by atoms with Crippen LogP contribution in [-0.2, 0) is 20.2 Å². The van der Waals surface area contributed by atoms with E-state index in [0.717, 1.165) is 0 Å². The third kappa shape index (κ3) is 5.92. The number of esters is 1. The highest BCUT2D eigenvalue weighted by Gasteiger charge is 2.58. The molecule has 0 aromatic rings. The van der Waals surface area contributed by atoms with Crippen molar-refractivity contribution in [2.75, 3.05) is 6.61 Å². The van der Waals surface area contributed by atoms with Crippen molar-refractivity contribution in [2.45, 2.75) is 36.6 Å². The molecule has 0 aromatic heterocycles. The molecule has 120 valence electrons. The first-order valence-corrected chi connectivity index (χ1v) is 6.10. The molecule has 0 rings (SSSR count). The highest BCUT2D eigenvalue weighted by Crippen LogP contribution is 2.38. The van der Waals surface area contributed by atoms with Gasteiger partial charge in [0.15, 0.2) is 0 Å². The van der Waals surface area contributed by atoms with Crippen molar-refractivity contribution in [2.24, 2.45) is 0 Å². The molecule has 20 heavy (non-hydrogen) atoms. The summed E-state index contributed by atoms with van der Waals surface area (Å²) < 4.78 is 109. The van der Waals surface area contributed by atoms with Crippen LogP contribution < -0.4 is 0 Å². The second-order valence-electron chi connectivity index (χ2n) is 3.62. The molecule has 0 aromatic carbocycles. The van der Waals surface area contributed by atoms with Crippen LogP contribution in [0.4, 0.5) is 30.7 Å². The largest absolute Gasteiger partial charge is 0.465 e. The Morgan fingerprint density at radius 3 is 1.90 bits per heavy atom. The van der Waals surface area contributed by atoms with Crippen molar-refractivity contribution in [1.29, 1.82) is 0 Å². The maximum absolute atomic E-state index is 12.8. The van der Waals surface area contributed by atoms with E-state index >= 15 is 0 Å². The van der Waals surface area contributed by atoms with Gasteiger partial charge < -0.3 is 4.74 Å². The van der Waals surface area contributed by atoms with E-state index < -0.39 is 59.9 Å². The molecule has 0 fully saturated rings. The fourth-order valence-electron chi connectivity index (χ4n) is 0.979. The lowest BCUT2D eigenvalue weighted by Gasteiger charge is -2.21. The molecule has 12 heteroatoms. The number of alkyl halides is 7.